The third-order valence-electron chi connectivity index (χ3n) is 5.22. The van der Waals surface area contributed by atoms with Crippen LogP contribution in [0.4, 0.5) is 4.79 Å². The molecule has 0 fully saturated rings. The number of benzene rings is 2. The molecule has 0 aromatic heterocycles. The zero-order valence-corrected chi connectivity index (χ0v) is 22.5. The van der Waals surface area contributed by atoms with Crippen molar-refractivity contribution in [3.05, 3.63) is 70.8 Å². The van der Waals surface area contributed by atoms with Gasteiger partial charge in [0.1, 0.15) is 17.7 Å². The summed E-state index contributed by atoms with van der Waals surface area (Å²) in [7, 11) is 0. The standard InChI is InChI=1S/C27H37N3O5S/c1-18-13-19(2)15-21(14-18)23(24(32)28-16-20-9-7-6-8-10-20)30(11-12-31)25(33)22(17-36)29-26(34)35-27(3,4)5/h6-10,13-15,22-23,31,36H,11-12,16-17H2,1-5H3,(H,28,32)(H,29,34). The maximum absolute atomic E-state index is 13.6. The molecule has 3 N–H and O–H groups in total. The van der Waals surface area contributed by atoms with E-state index in [-0.39, 0.29) is 25.4 Å². The van der Waals surface area contributed by atoms with Crippen molar-refractivity contribution in [2.24, 2.45) is 0 Å². The van der Waals surface area contributed by atoms with Crippen LogP contribution in [-0.2, 0) is 20.9 Å². The minimum absolute atomic E-state index is 0.0226. The molecule has 9 heteroatoms. The van der Waals surface area contributed by atoms with Gasteiger partial charge in [-0.05, 0) is 45.7 Å². The average Bonchev–Trinajstić information content (AvgIpc) is 2.79. The van der Waals surface area contributed by atoms with Crippen LogP contribution in [0, 0.1) is 13.8 Å². The summed E-state index contributed by atoms with van der Waals surface area (Å²) in [6.07, 6.45) is -0.768. The molecule has 2 atom stereocenters. The first-order valence-electron chi connectivity index (χ1n) is 11.9. The van der Waals surface area contributed by atoms with Gasteiger partial charge in [-0.15, -0.1) is 0 Å². The van der Waals surface area contributed by atoms with Gasteiger partial charge in [-0.2, -0.15) is 12.6 Å². The zero-order valence-electron chi connectivity index (χ0n) is 21.6. The van der Waals surface area contributed by atoms with Crippen LogP contribution in [0.15, 0.2) is 48.5 Å². The van der Waals surface area contributed by atoms with Crippen LogP contribution in [0.2, 0.25) is 0 Å². The molecule has 2 unspecified atom stereocenters. The van der Waals surface area contributed by atoms with E-state index in [1.807, 2.05) is 62.4 Å². The lowest BCUT2D eigenvalue weighted by Crippen LogP contribution is -2.54. The Morgan fingerprint density at radius 3 is 2.19 bits per heavy atom. The number of nitrogens with zero attached hydrogens (tertiary/aromatic N) is 1. The molecule has 0 aliphatic heterocycles. The molecule has 2 aromatic rings. The Morgan fingerprint density at radius 1 is 1.06 bits per heavy atom. The Morgan fingerprint density at radius 2 is 1.67 bits per heavy atom. The predicted molar refractivity (Wildman–Crippen MR) is 143 cm³/mol. The first kappa shape index (κ1) is 29.2. The maximum Gasteiger partial charge on any atom is 0.408 e. The lowest BCUT2D eigenvalue weighted by Gasteiger charge is -2.34. The number of alkyl carbamates (subject to hydrolysis) is 1. The molecule has 0 radical (unpaired) electrons. The Hall–Kier alpha value is -3.04. The quantitative estimate of drug-likeness (QED) is 0.363. The van der Waals surface area contributed by atoms with Crippen LogP contribution in [0.1, 0.15) is 49.1 Å². The van der Waals surface area contributed by atoms with Crippen LogP contribution < -0.4 is 10.6 Å². The molecule has 2 rings (SSSR count). The number of hydrogen-bond acceptors (Lipinski definition) is 6. The highest BCUT2D eigenvalue weighted by Gasteiger charge is 2.35. The average molecular weight is 516 g/mol. The Kier molecular flexibility index (Phi) is 10.8. The molecule has 3 amide bonds. The molecule has 0 heterocycles. The van der Waals surface area contributed by atoms with Gasteiger partial charge in [0.05, 0.1) is 6.61 Å². The molecule has 0 aliphatic rings. The van der Waals surface area contributed by atoms with E-state index < -0.39 is 35.6 Å². The molecule has 0 aliphatic carbocycles. The van der Waals surface area contributed by atoms with Crippen LogP contribution in [0.25, 0.3) is 0 Å². The fourth-order valence-corrected chi connectivity index (χ4v) is 4.08. The first-order valence-corrected chi connectivity index (χ1v) is 12.5. The molecule has 0 saturated carbocycles. The van der Waals surface area contributed by atoms with Gasteiger partial charge in [0, 0.05) is 18.8 Å². The second-order valence-electron chi connectivity index (χ2n) is 9.66. The minimum atomic E-state index is -1.06. The highest BCUT2D eigenvalue weighted by Crippen LogP contribution is 2.25. The van der Waals surface area contributed by atoms with Gasteiger partial charge < -0.3 is 25.4 Å². The number of aliphatic hydroxyl groups excluding tert-OH is 1. The van der Waals surface area contributed by atoms with Crippen molar-refractivity contribution in [2.75, 3.05) is 18.9 Å². The number of carbonyl (C=O) groups is 3. The number of rotatable bonds is 10. The van der Waals surface area contributed by atoms with E-state index in [4.69, 9.17) is 4.74 Å². The normalized spacial score (nSPS) is 12.9. The molecule has 36 heavy (non-hydrogen) atoms. The van der Waals surface area contributed by atoms with E-state index in [1.165, 1.54) is 4.90 Å². The van der Waals surface area contributed by atoms with Crippen molar-refractivity contribution in [2.45, 2.75) is 58.8 Å². The van der Waals surface area contributed by atoms with Crippen LogP contribution in [0.5, 0.6) is 0 Å². The third-order valence-corrected chi connectivity index (χ3v) is 5.59. The highest BCUT2D eigenvalue weighted by molar-refractivity contribution is 7.80. The summed E-state index contributed by atoms with van der Waals surface area (Å²) < 4.78 is 5.29. The maximum atomic E-state index is 13.6. The van der Waals surface area contributed by atoms with Gasteiger partial charge in [0.25, 0.3) is 0 Å². The van der Waals surface area contributed by atoms with E-state index in [2.05, 4.69) is 23.3 Å². The number of aryl methyl sites for hydroxylation is 2. The van der Waals surface area contributed by atoms with E-state index in [0.717, 1.165) is 16.7 Å². The molecule has 2 aromatic carbocycles. The lowest BCUT2D eigenvalue weighted by molar-refractivity contribution is -0.142. The second-order valence-corrected chi connectivity index (χ2v) is 10.0. The SMILES string of the molecule is Cc1cc(C)cc(C(C(=O)NCc2ccccc2)N(CCO)C(=O)C(CS)NC(=O)OC(C)(C)C)c1. The third kappa shape index (κ3) is 8.87. The lowest BCUT2D eigenvalue weighted by atomic mass is 9.98. The zero-order chi connectivity index (χ0) is 26.9. The number of ether oxygens (including phenoxy) is 1. The summed E-state index contributed by atoms with van der Waals surface area (Å²) in [5.74, 6) is -0.977. The van der Waals surface area contributed by atoms with Crippen molar-refractivity contribution in [3.8, 4) is 0 Å². The summed E-state index contributed by atoms with van der Waals surface area (Å²) in [6, 6.07) is 13.0. The molecular weight excluding hydrogens is 478 g/mol. The van der Waals surface area contributed by atoms with Gasteiger partial charge in [-0.1, -0.05) is 59.7 Å². The summed E-state index contributed by atoms with van der Waals surface area (Å²) in [5, 5.41) is 15.3. The fraction of sp³-hybridized carbons (Fsp3) is 0.444. The monoisotopic (exact) mass is 515 g/mol. The number of nitrogens with one attached hydrogen (secondary N) is 2. The largest absolute Gasteiger partial charge is 0.444 e. The first-order chi connectivity index (χ1) is 16.9. The number of hydrogen-bond donors (Lipinski definition) is 4. The Bertz CT molecular complexity index is 1020. The molecule has 0 saturated heterocycles. The smallest absolute Gasteiger partial charge is 0.408 e. The van der Waals surface area contributed by atoms with Crippen molar-refractivity contribution in [1.82, 2.24) is 15.5 Å². The molecule has 0 bridgehead atoms. The van der Waals surface area contributed by atoms with Crippen molar-refractivity contribution in [3.63, 3.8) is 0 Å². The van der Waals surface area contributed by atoms with Crippen molar-refractivity contribution < 1.29 is 24.2 Å². The number of carbonyl (C=O) groups excluding carboxylic acids is 3. The van der Waals surface area contributed by atoms with E-state index >= 15 is 0 Å². The van der Waals surface area contributed by atoms with Crippen LogP contribution >= 0.6 is 12.6 Å². The van der Waals surface area contributed by atoms with Crippen LogP contribution in [-0.4, -0.2) is 58.5 Å². The van der Waals surface area contributed by atoms with E-state index in [0.29, 0.717) is 5.56 Å². The second kappa shape index (κ2) is 13.3. The summed E-state index contributed by atoms with van der Waals surface area (Å²) >= 11 is 4.25. The van der Waals surface area contributed by atoms with Gasteiger partial charge >= 0.3 is 6.09 Å². The number of thiol groups is 1. The molecule has 8 nitrogen and oxygen atoms in total. The number of amides is 3. The summed E-state index contributed by atoms with van der Waals surface area (Å²) in [6.45, 7) is 8.76. The fourth-order valence-electron chi connectivity index (χ4n) is 3.83. The van der Waals surface area contributed by atoms with Crippen LogP contribution in [0.3, 0.4) is 0 Å². The molecule has 196 valence electrons. The van der Waals surface area contributed by atoms with Crippen molar-refractivity contribution >= 4 is 30.5 Å². The van der Waals surface area contributed by atoms with Gasteiger partial charge in [0.2, 0.25) is 11.8 Å². The van der Waals surface area contributed by atoms with E-state index in [1.54, 1.807) is 20.8 Å². The molecule has 0 spiro atoms. The molecular formula is C27H37N3O5S. The number of aliphatic hydroxyl groups is 1. The topological polar surface area (TPSA) is 108 Å². The van der Waals surface area contributed by atoms with E-state index in [9.17, 15) is 19.5 Å². The van der Waals surface area contributed by atoms with Gasteiger partial charge in [-0.3, -0.25) is 9.59 Å². The highest BCUT2D eigenvalue weighted by atomic mass is 32.1. The van der Waals surface area contributed by atoms with Gasteiger partial charge in [-0.25, -0.2) is 4.79 Å². The summed E-state index contributed by atoms with van der Waals surface area (Å²) in [4.78, 5) is 40.9. The van der Waals surface area contributed by atoms with Crippen molar-refractivity contribution in [1.29, 1.82) is 0 Å². The Labute approximate surface area is 218 Å². The predicted octanol–water partition coefficient (Wildman–Crippen LogP) is 3.30. The van der Waals surface area contributed by atoms with Gasteiger partial charge in [0.15, 0.2) is 0 Å². The Balaban J connectivity index is 2.41. The minimum Gasteiger partial charge on any atom is -0.444 e. The summed E-state index contributed by atoms with van der Waals surface area (Å²) in [5.41, 5.74) is 2.62.